The molecule has 0 amide bonds. The van der Waals surface area contributed by atoms with E-state index in [1.165, 1.54) is 6.42 Å². The summed E-state index contributed by atoms with van der Waals surface area (Å²) in [6.07, 6.45) is 2.90. The topological polar surface area (TPSA) is 41.0 Å². The highest BCUT2D eigenvalue weighted by molar-refractivity contribution is 5.89. The molecule has 0 bridgehead atoms. The van der Waals surface area contributed by atoms with E-state index in [-0.39, 0.29) is 0 Å². The van der Waals surface area contributed by atoms with Crippen molar-refractivity contribution in [1.82, 2.24) is 15.3 Å². The van der Waals surface area contributed by atoms with E-state index in [1.54, 1.807) is 6.33 Å². The van der Waals surface area contributed by atoms with E-state index >= 15 is 0 Å². The van der Waals surface area contributed by atoms with E-state index in [4.69, 9.17) is 0 Å². The number of hydrogen-bond acceptors (Lipinski definition) is 4. The second kappa shape index (κ2) is 4.90. The van der Waals surface area contributed by atoms with Crippen molar-refractivity contribution >= 4 is 16.7 Å². The van der Waals surface area contributed by atoms with Gasteiger partial charge in [-0.25, -0.2) is 9.97 Å². The summed E-state index contributed by atoms with van der Waals surface area (Å²) < 4.78 is 0. The summed E-state index contributed by atoms with van der Waals surface area (Å²) in [4.78, 5) is 11.2. The number of aromatic nitrogens is 2. The number of benzene rings is 1. The molecule has 0 radical (unpaired) electrons. The molecule has 2 heterocycles. The van der Waals surface area contributed by atoms with Gasteiger partial charge in [0.1, 0.15) is 12.1 Å². The largest absolute Gasteiger partial charge is 0.356 e. The fourth-order valence-electron chi connectivity index (χ4n) is 2.72. The first kappa shape index (κ1) is 11.4. The predicted octanol–water partition coefficient (Wildman–Crippen LogP) is 1.68. The number of para-hydroxylation sites is 1. The van der Waals surface area contributed by atoms with Crippen molar-refractivity contribution < 1.29 is 0 Å². The Hall–Kier alpha value is -1.68. The van der Waals surface area contributed by atoms with Crippen molar-refractivity contribution in [2.24, 2.45) is 5.92 Å². The lowest BCUT2D eigenvalue weighted by Crippen LogP contribution is -2.25. The molecule has 1 saturated heterocycles. The minimum Gasteiger partial charge on any atom is -0.356 e. The Morgan fingerprint density at radius 1 is 1.33 bits per heavy atom. The monoisotopic (exact) mass is 242 g/mol. The first-order valence-electron chi connectivity index (χ1n) is 6.48. The fraction of sp³-hybridized carbons (Fsp3) is 0.429. The Bertz CT molecular complexity index is 535. The maximum atomic E-state index is 4.48. The van der Waals surface area contributed by atoms with Gasteiger partial charge in [0, 0.05) is 18.5 Å². The number of nitrogens with one attached hydrogen (secondary N) is 1. The van der Waals surface area contributed by atoms with E-state index in [9.17, 15) is 0 Å². The summed E-state index contributed by atoms with van der Waals surface area (Å²) >= 11 is 0. The smallest absolute Gasteiger partial charge is 0.139 e. The van der Waals surface area contributed by atoms with Gasteiger partial charge in [-0.15, -0.1) is 0 Å². The van der Waals surface area contributed by atoms with Crippen molar-refractivity contribution in [2.45, 2.75) is 6.42 Å². The minimum atomic E-state index is 0.726. The normalized spacial score (nSPS) is 19.6. The molecule has 1 unspecified atom stereocenters. The Kier molecular flexibility index (Phi) is 3.11. The molecule has 1 fully saturated rings. The second-order valence-corrected chi connectivity index (χ2v) is 4.87. The predicted molar refractivity (Wildman–Crippen MR) is 73.8 cm³/mol. The average molecular weight is 242 g/mol. The first-order valence-corrected chi connectivity index (χ1v) is 6.48. The van der Waals surface area contributed by atoms with Crippen molar-refractivity contribution in [1.29, 1.82) is 0 Å². The van der Waals surface area contributed by atoms with Crippen LogP contribution in [0.3, 0.4) is 0 Å². The molecule has 18 heavy (non-hydrogen) atoms. The third-order valence-electron chi connectivity index (χ3n) is 3.60. The molecule has 2 aromatic rings. The number of rotatable bonds is 3. The van der Waals surface area contributed by atoms with Crippen LogP contribution in [0.15, 0.2) is 30.6 Å². The van der Waals surface area contributed by atoms with E-state index in [1.807, 2.05) is 19.2 Å². The average Bonchev–Trinajstić information content (AvgIpc) is 2.87. The molecule has 0 spiro atoms. The van der Waals surface area contributed by atoms with Gasteiger partial charge in [0.2, 0.25) is 0 Å². The summed E-state index contributed by atoms with van der Waals surface area (Å²) in [6.45, 7) is 3.26. The van der Waals surface area contributed by atoms with Crippen LogP contribution in [0, 0.1) is 5.92 Å². The van der Waals surface area contributed by atoms with Crippen LogP contribution < -0.4 is 10.2 Å². The Morgan fingerprint density at radius 3 is 3.11 bits per heavy atom. The van der Waals surface area contributed by atoms with E-state index in [0.717, 1.165) is 42.3 Å². The fourth-order valence-corrected chi connectivity index (χ4v) is 2.72. The van der Waals surface area contributed by atoms with Gasteiger partial charge in [-0.05, 0) is 38.1 Å². The SMILES string of the molecule is CNCC1CCN(c2ncnc3ccccc23)C1. The zero-order valence-electron chi connectivity index (χ0n) is 10.6. The molecule has 1 atom stereocenters. The van der Waals surface area contributed by atoms with Crippen molar-refractivity contribution in [3.8, 4) is 0 Å². The van der Waals surface area contributed by atoms with Crippen LogP contribution in [-0.2, 0) is 0 Å². The standard InChI is InChI=1S/C14H18N4/c1-15-8-11-6-7-18(9-11)14-12-4-2-3-5-13(12)16-10-17-14/h2-5,10-11,15H,6-9H2,1H3. The molecule has 0 saturated carbocycles. The summed E-state index contributed by atoms with van der Waals surface area (Å²) in [5.74, 6) is 1.81. The molecule has 3 rings (SSSR count). The summed E-state index contributed by atoms with van der Waals surface area (Å²) in [5.41, 5.74) is 1.03. The summed E-state index contributed by atoms with van der Waals surface area (Å²) in [7, 11) is 2.02. The number of fused-ring (bicyclic) bond motifs is 1. The number of anilines is 1. The van der Waals surface area contributed by atoms with E-state index < -0.39 is 0 Å². The third-order valence-corrected chi connectivity index (χ3v) is 3.60. The van der Waals surface area contributed by atoms with E-state index in [2.05, 4.69) is 32.3 Å². The van der Waals surface area contributed by atoms with Crippen LogP contribution in [0.25, 0.3) is 10.9 Å². The molecule has 4 heteroatoms. The minimum absolute atomic E-state index is 0.726. The number of hydrogen-bond donors (Lipinski definition) is 1. The molecule has 1 aromatic heterocycles. The zero-order chi connectivity index (χ0) is 12.4. The molecular formula is C14H18N4. The van der Waals surface area contributed by atoms with Crippen LogP contribution >= 0.6 is 0 Å². The quantitative estimate of drug-likeness (QED) is 0.889. The maximum Gasteiger partial charge on any atom is 0.139 e. The second-order valence-electron chi connectivity index (χ2n) is 4.87. The molecule has 1 N–H and O–H groups in total. The van der Waals surface area contributed by atoms with Gasteiger partial charge in [-0.1, -0.05) is 12.1 Å². The van der Waals surface area contributed by atoms with Crippen molar-refractivity contribution in [3.05, 3.63) is 30.6 Å². The molecular weight excluding hydrogens is 224 g/mol. The molecule has 4 nitrogen and oxygen atoms in total. The molecule has 1 aliphatic rings. The summed E-state index contributed by atoms with van der Waals surface area (Å²) in [6, 6.07) is 8.22. The number of nitrogens with zero attached hydrogens (tertiary/aromatic N) is 3. The highest BCUT2D eigenvalue weighted by Gasteiger charge is 2.24. The van der Waals surface area contributed by atoms with E-state index in [0.29, 0.717) is 0 Å². The van der Waals surface area contributed by atoms with Crippen LogP contribution in [0.1, 0.15) is 6.42 Å². The Labute approximate surface area is 107 Å². The van der Waals surface area contributed by atoms with Gasteiger partial charge in [-0.3, -0.25) is 0 Å². The van der Waals surface area contributed by atoms with Crippen LogP contribution in [-0.4, -0.2) is 36.6 Å². The first-order chi connectivity index (χ1) is 8.88. The van der Waals surface area contributed by atoms with Gasteiger partial charge in [0.25, 0.3) is 0 Å². The molecule has 1 aromatic carbocycles. The van der Waals surface area contributed by atoms with Crippen molar-refractivity contribution in [2.75, 3.05) is 31.6 Å². The van der Waals surface area contributed by atoms with Crippen LogP contribution in [0.2, 0.25) is 0 Å². The van der Waals surface area contributed by atoms with Gasteiger partial charge in [0.15, 0.2) is 0 Å². The zero-order valence-corrected chi connectivity index (χ0v) is 10.6. The third kappa shape index (κ3) is 2.04. The van der Waals surface area contributed by atoms with Gasteiger partial charge >= 0.3 is 0 Å². The Morgan fingerprint density at radius 2 is 2.22 bits per heavy atom. The van der Waals surface area contributed by atoms with Gasteiger partial charge in [-0.2, -0.15) is 0 Å². The van der Waals surface area contributed by atoms with Crippen LogP contribution in [0.4, 0.5) is 5.82 Å². The molecule has 94 valence electrons. The lowest BCUT2D eigenvalue weighted by molar-refractivity contribution is 0.549. The summed E-state index contributed by atoms with van der Waals surface area (Å²) in [5, 5.41) is 4.42. The Balaban J connectivity index is 1.91. The van der Waals surface area contributed by atoms with Gasteiger partial charge < -0.3 is 10.2 Å². The van der Waals surface area contributed by atoms with Crippen LogP contribution in [0.5, 0.6) is 0 Å². The van der Waals surface area contributed by atoms with Gasteiger partial charge in [0.05, 0.1) is 5.52 Å². The molecule has 0 aliphatic carbocycles. The molecule has 1 aliphatic heterocycles. The highest BCUT2D eigenvalue weighted by atomic mass is 15.2. The lowest BCUT2D eigenvalue weighted by atomic mass is 10.1. The van der Waals surface area contributed by atoms with Crippen molar-refractivity contribution in [3.63, 3.8) is 0 Å². The highest BCUT2D eigenvalue weighted by Crippen LogP contribution is 2.27. The lowest BCUT2D eigenvalue weighted by Gasteiger charge is -2.19. The maximum absolute atomic E-state index is 4.48.